The smallest absolute Gasteiger partial charge is 0.205 e. The van der Waals surface area contributed by atoms with Crippen molar-refractivity contribution in [1.82, 2.24) is 5.01 Å². The third-order valence-corrected chi connectivity index (χ3v) is 4.98. The van der Waals surface area contributed by atoms with Gasteiger partial charge in [0.05, 0.1) is 23.4 Å². The van der Waals surface area contributed by atoms with Crippen LogP contribution >= 0.6 is 11.6 Å². The number of rotatable bonds is 3. The average Bonchev–Trinajstić information content (AvgIpc) is 3.08. The van der Waals surface area contributed by atoms with E-state index in [2.05, 4.69) is 4.85 Å². The number of nitrogens with zero attached hydrogens (tertiary/aromatic N) is 3. The molecule has 6 heteroatoms. The van der Waals surface area contributed by atoms with Gasteiger partial charge in [0.1, 0.15) is 12.1 Å². The molecule has 3 rings (SSSR count). The van der Waals surface area contributed by atoms with Crippen molar-refractivity contribution in [3.05, 3.63) is 39.7 Å². The van der Waals surface area contributed by atoms with Crippen molar-refractivity contribution in [3.63, 3.8) is 0 Å². The summed E-state index contributed by atoms with van der Waals surface area (Å²) in [7, 11) is 3.42. The Balaban J connectivity index is 2.03. The first kappa shape index (κ1) is 15.3. The monoisotopic (exact) mass is 319 g/mol. The predicted octanol–water partition coefficient (Wildman–Crippen LogP) is 3.02. The lowest BCUT2D eigenvalue weighted by Crippen LogP contribution is -2.42. The normalized spacial score (nSPS) is 26.8. The molecule has 0 radical (unpaired) electrons. The summed E-state index contributed by atoms with van der Waals surface area (Å²) in [4.78, 5) is 3.44. The first-order valence-corrected chi connectivity index (χ1v) is 7.57. The third kappa shape index (κ3) is 2.19. The van der Waals surface area contributed by atoms with Crippen LogP contribution in [0, 0.1) is 13.5 Å². The van der Waals surface area contributed by atoms with E-state index in [9.17, 15) is 0 Å². The van der Waals surface area contributed by atoms with Gasteiger partial charge in [-0.15, -0.1) is 0 Å². The van der Waals surface area contributed by atoms with Gasteiger partial charge >= 0.3 is 0 Å². The lowest BCUT2D eigenvalue weighted by molar-refractivity contribution is 0.0153. The highest BCUT2D eigenvalue weighted by molar-refractivity contribution is 6.34. The number of benzene rings is 1. The van der Waals surface area contributed by atoms with Crippen LogP contribution in [-0.4, -0.2) is 49.7 Å². The lowest BCUT2D eigenvalue weighted by atomic mass is 9.95. The van der Waals surface area contributed by atoms with E-state index in [4.69, 9.17) is 32.7 Å². The Morgan fingerprint density at radius 1 is 1.36 bits per heavy atom. The molecule has 0 spiro atoms. The summed E-state index contributed by atoms with van der Waals surface area (Å²) in [6, 6.07) is 3.75. The van der Waals surface area contributed by atoms with Crippen LogP contribution in [0.5, 0.6) is 0 Å². The van der Waals surface area contributed by atoms with Gasteiger partial charge in [0.15, 0.2) is 0 Å². The standard InChI is InChI=1S/C16H18ClN3O2/c1-9-10(5-6-11(18-2)13(9)17)14-16(22-4)15-12(21-3)7-8-20(15)19-14/h5-6,12,15-16H,7-8H2,1,3-4H3/t12-,15-,16+/m0/s1. The fraction of sp³-hybridized carbons (Fsp3) is 0.500. The molecule has 2 aliphatic heterocycles. The first-order chi connectivity index (χ1) is 10.6. The van der Waals surface area contributed by atoms with Crippen molar-refractivity contribution >= 4 is 23.0 Å². The van der Waals surface area contributed by atoms with E-state index in [1.807, 2.05) is 18.0 Å². The Labute approximate surface area is 135 Å². The Morgan fingerprint density at radius 2 is 2.14 bits per heavy atom. The van der Waals surface area contributed by atoms with Crippen LogP contribution in [0.1, 0.15) is 17.5 Å². The van der Waals surface area contributed by atoms with Gasteiger partial charge in [-0.3, -0.25) is 5.01 Å². The maximum absolute atomic E-state index is 7.15. The van der Waals surface area contributed by atoms with Gasteiger partial charge in [-0.25, -0.2) is 4.85 Å². The third-order valence-electron chi connectivity index (χ3n) is 4.50. The fourth-order valence-corrected chi connectivity index (χ4v) is 3.55. The first-order valence-electron chi connectivity index (χ1n) is 7.20. The van der Waals surface area contributed by atoms with E-state index in [0.717, 1.165) is 29.8 Å². The van der Waals surface area contributed by atoms with Gasteiger partial charge in [-0.2, -0.15) is 5.10 Å². The number of hydrazone groups is 1. The lowest BCUT2D eigenvalue weighted by Gasteiger charge is -2.25. The zero-order valence-electron chi connectivity index (χ0n) is 12.8. The van der Waals surface area contributed by atoms with Crippen molar-refractivity contribution in [2.75, 3.05) is 20.8 Å². The molecule has 3 atom stereocenters. The van der Waals surface area contributed by atoms with E-state index in [-0.39, 0.29) is 18.2 Å². The van der Waals surface area contributed by atoms with Crippen molar-refractivity contribution in [3.8, 4) is 0 Å². The van der Waals surface area contributed by atoms with Gasteiger partial charge in [0.2, 0.25) is 5.69 Å². The van der Waals surface area contributed by atoms with Gasteiger partial charge in [-0.1, -0.05) is 23.7 Å². The number of methoxy groups -OCH3 is 2. The second kappa shape index (κ2) is 5.88. The van der Waals surface area contributed by atoms with Crippen molar-refractivity contribution in [2.45, 2.75) is 31.6 Å². The minimum absolute atomic E-state index is 0.101. The largest absolute Gasteiger partial charge is 0.379 e. The molecule has 0 aromatic heterocycles. The number of fused-ring (bicyclic) bond motifs is 1. The Kier molecular flexibility index (Phi) is 4.09. The summed E-state index contributed by atoms with van der Waals surface area (Å²) in [5.74, 6) is 0. The van der Waals surface area contributed by atoms with E-state index in [1.165, 1.54) is 0 Å². The van der Waals surface area contributed by atoms with Crippen LogP contribution in [0.15, 0.2) is 17.2 Å². The molecule has 1 aromatic carbocycles. The fourth-order valence-electron chi connectivity index (χ4n) is 3.35. The van der Waals surface area contributed by atoms with E-state index in [0.29, 0.717) is 10.7 Å². The molecule has 1 saturated heterocycles. The molecule has 2 heterocycles. The van der Waals surface area contributed by atoms with Gasteiger partial charge < -0.3 is 9.47 Å². The van der Waals surface area contributed by atoms with Crippen LogP contribution in [0.4, 0.5) is 5.69 Å². The summed E-state index contributed by atoms with van der Waals surface area (Å²) in [5.41, 5.74) is 3.13. The highest BCUT2D eigenvalue weighted by Crippen LogP contribution is 2.36. The van der Waals surface area contributed by atoms with Gasteiger partial charge in [0.25, 0.3) is 0 Å². The van der Waals surface area contributed by atoms with Crippen molar-refractivity contribution in [2.24, 2.45) is 5.10 Å². The molecular weight excluding hydrogens is 302 g/mol. The number of hydrogen-bond donors (Lipinski definition) is 0. The summed E-state index contributed by atoms with van der Waals surface area (Å²) in [6.07, 6.45) is 0.916. The van der Waals surface area contributed by atoms with Crippen LogP contribution < -0.4 is 0 Å². The quantitative estimate of drug-likeness (QED) is 0.804. The number of hydrogen-bond acceptors (Lipinski definition) is 4. The Hall–Kier alpha value is -1.61. The van der Waals surface area contributed by atoms with E-state index >= 15 is 0 Å². The zero-order chi connectivity index (χ0) is 15.9. The van der Waals surface area contributed by atoms with Crippen molar-refractivity contribution < 1.29 is 9.47 Å². The highest BCUT2D eigenvalue weighted by atomic mass is 35.5. The molecule has 0 N–H and O–H groups in total. The topological polar surface area (TPSA) is 38.4 Å². The van der Waals surface area contributed by atoms with Crippen LogP contribution in [0.25, 0.3) is 4.85 Å². The molecule has 2 aliphatic rings. The van der Waals surface area contributed by atoms with Gasteiger partial charge in [0, 0.05) is 26.3 Å². The van der Waals surface area contributed by atoms with E-state index < -0.39 is 0 Å². The molecule has 22 heavy (non-hydrogen) atoms. The highest BCUT2D eigenvalue weighted by Gasteiger charge is 2.47. The molecule has 0 aliphatic carbocycles. The average molecular weight is 320 g/mol. The van der Waals surface area contributed by atoms with Crippen molar-refractivity contribution in [1.29, 1.82) is 0 Å². The molecular formula is C16H18ClN3O2. The van der Waals surface area contributed by atoms with Gasteiger partial charge in [-0.05, 0) is 18.9 Å². The van der Waals surface area contributed by atoms with Crippen LogP contribution in [0.2, 0.25) is 5.02 Å². The SMILES string of the molecule is [C-]#[N+]c1ccc(C2=NN3CC[C@H](OC)[C@H]3[C@@H]2OC)c(C)c1Cl. The molecule has 1 aromatic rings. The summed E-state index contributed by atoms with van der Waals surface area (Å²) in [6.45, 7) is 9.93. The predicted molar refractivity (Wildman–Crippen MR) is 85.7 cm³/mol. The Bertz CT molecular complexity index is 668. The molecule has 1 fully saturated rings. The summed E-state index contributed by atoms with van der Waals surface area (Å²) >= 11 is 6.30. The number of ether oxygens (including phenoxy) is 2. The summed E-state index contributed by atoms with van der Waals surface area (Å²) in [5, 5.41) is 7.27. The Morgan fingerprint density at radius 3 is 2.77 bits per heavy atom. The zero-order valence-corrected chi connectivity index (χ0v) is 13.6. The molecule has 0 bridgehead atoms. The minimum atomic E-state index is -0.152. The molecule has 116 valence electrons. The molecule has 0 amide bonds. The maximum atomic E-state index is 7.15. The van der Waals surface area contributed by atoms with Crippen LogP contribution in [-0.2, 0) is 9.47 Å². The maximum Gasteiger partial charge on any atom is 0.205 e. The summed E-state index contributed by atoms with van der Waals surface area (Å²) < 4.78 is 11.3. The molecule has 5 nitrogen and oxygen atoms in total. The van der Waals surface area contributed by atoms with E-state index in [1.54, 1.807) is 20.3 Å². The number of halogens is 1. The minimum Gasteiger partial charge on any atom is -0.379 e. The molecule has 0 saturated carbocycles. The second-order valence-corrected chi connectivity index (χ2v) is 5.92. The second-order valence-electron chi connectivity index (χ2n) is 5.54. The molecule has 0 unspecified atom stereocenters. The van der Waals surface area contributed by atoms with Crippen LogP contribution in [0.3, 0.4) is 0 Å².